The van der Waals surface area contributed by atoms with E-state index in [1.165, 1.54) is 58.0 Å². The van der Waals surface area contributed by atoms with Gasteiger partial charge in [0, 0.05) is 12.1 Å². The molecule has 3 unspecified atom stereocenters. The Bertz CT molecular complexity index is 217. The molecule has 100 valence electrons. The van der Waals surface area contributed by atoms with Crippen molar-refractivity contribution in [3.05, 3.63) is 0 Å². The molecule has 2 heteroatoms. The highest BCUT2D eigenvalue weighted by atomic mass is 15.2. The van der Waals surface area contributed by atoms with Gasteiger partial charge in [-0.3, -0.25) is 0 Å². The van der Waals surface area contributed by atoms with Crippen LogP contribution in [0.1, 0.15) is 58.8 Å². The third kappa shape index (κ3) is 3.69. The average Bonchev–Trinajstić information content (AvgIpc) is 2.67. The smallest absolute Gasteiger partial charge is 0.0111 e. The van der Waals surface area contributed by atoms with E-state index < -0.39 is 0 Å². The van der Waals surface area contributed by atoms with E-state index in [0.29, 0.717) is 0 Å². The molecule has 0 spiro atoms. The topological polar surface area (TPSA) is 15.3 Å². The summed E-state index contributed by atoms with van der Waals surface area (Å²) in [7, 11) is 0. The van der Waals surface area contributed by atoms with Crippen LogP contribution >= 0.6 is 0 Å². The van der Waals surface area contributed by atoms with E-state index in [9.17, 15) is 0 Å². The molecular formula is C15H30N2. The first kappa shape index (κ1) is 13.4. The highest BCUT2D eigenvalue weighted by Crippen LogP contribution is 2.28. The monoisotopic (exact) mass is 238 g/mol. The molecule has 3 atom stereocenters. The van der Waals surface area contributed by atoms with Gasteiger partial charge in [-0.25, -0.2) is 0 Å². The largest absolute Gasteiger partial charge is 0.314 e. The molecule has 2 fully saturated rings. The summed E-state index contributed by atoms with van der Waals surface area (Å²) in [6.45, 7) is 8.44. The number of hydrogen-bond acceptors (Lipinski definition) is 2. The zero-order valence-electron chi connectivity index (χ0n) is 11.8. The van der Waals surface area contributed by atoms with Gasteiger partial charge in [0.05, 0.1) is 0 Å². The van der Waals surface area contributed by atoms with Crippen LogP contribution < -0.4 is 5.32 Å². The second-order valence-corrected chi connectivity index (χ2v) is 5.96. The van der Waals surface area contributed by atoms with Crippen molar-refractivity contribution in [1.29, 1.82) is 0 Å². The summed E-state index contributed by atoms with van der Waals surface area (Å²) >= 11 is 0. The van der Waals surface area contributed by atoms with Crippen molar-refractivity contribution in [3.63, 3.8) is 0 Å². The Balaban J connectivity index is 1.78. The van der Waals surface area contributed by atoms with Crippen molar-refractivity contribution < 1.29 is 0 Å². The van der Waals surface area contributed by atoms with Gasteiger partial charge in [0.1, 0.15) is 0 Å². The van der Waals surface area contributed by atoms with Crippen LogP contribution in [0.2, 0.25) is 0 Å². The number of nitrogens with zero attached hydrogens (tertiary/aromatic N) is 1. The van der Waals surface area contributed by atoms with Crippen LogP contribution in [-0.4, -0.2) is 36.6 Å². The fraction of sp³-hybridized carbons (Fsp3) is 1.00. The number of likely N-dealkylation sites (tertiary alicyclic amines) is 1. The molecule has 0 aromatic carbocycles. The molecule has 2 aliphatic rings. The fourth-order valence-electron chi connectivity index (χ4n) is 3.72. The van der Waals surface area contributed by atoms with Gasteiger partial charge >= 0.3 is 0 Å². The summed E-state index contributed by atoms with van der Waals surface area (Å²) in [5, 5.41) is 3.62. The van der Waals surface area contributed by atoms with Crippen LogP contribution in [0.15, 0.2) is 0 Å². The summed E-state index contributed by atoms with van der Waals surface area (Å²) in [6, 6.07) is 1.69. The minimum Gasteiger partial charge on any atom is -0.314 e. The lowest BCUT2D eigenvalue weighted by atomic mass is 9.98. The Morgan fingerprint density at radius 2 is 1.94 bits per heavy atom. The van der Waals surface area contributed by atoms with Crippen LogP contribution in [0.3, 0.4) is 0 Å². The first-order valence-electron chi connectivity index (χ1n) is 7.80. The van der Waals surface area contributed by atoms with Crippen LogP contribution in [0, 0.1) is 5.92 Å². The SMILES string of the molecule is CCNC1CCC(N2CCCC(CC)CC2)C1. The molecule has 1 aliphatic heterocycles. The lowest BCUT2D eigenvalue weighted by Gasteiger charge is -2.27. The first-order chi connectivity index (χ1) is 8.33. The standard InChI is InChI=1S/C15H30N2/c1-3-13-6-5-10-17(11-9-13)15-8-7-14(12-15)16-4-2/h13-16H,3-12H2,1-2H3. The second kappa shape index (κ2) is 6.75. The van der Waals surface area contributed by atoms with Crippen molar-refractivity contribution in [3.8, 4) is 0 Å². The van der Waals surface area contributed by atoms with Gasteiger partial charge in [0.25, 0.3) is 0 Å². The number of nitrogens with one attached hydrogen (secondary N) is 1. The lowest BCUT2D eigenvalue weighted by Crippen LogP contribution is -2.36. The molecule has 0 aromatic rings. The normalized spacial score (nSPS) is 36.0. The van der Waals surface area contributed by atoms with E-state index in [0.717, 1.165) is 24.5 Å². The fourth-order valence-corrected chi connectivity index (χ4v) is 3.72. The average molecular weight is 238 g/mol. The number of hydrogen-bond donors (Lipinski definition) is 1. The summed E-state index contributed by atoms with van der Waals surface area (Å²) < 4.78 is 0. The molecule has 1 heterocycles. The van der Waals surface area contributed by atoms with Crippen molar-refractivity contribution in [1.82, 2.24) is 10.2 Å². The van der Waals surface area contributed by atoms with Crippen molar-refractivity contribution in [2.75, 3.05) is 19.6 Å². The summed E-state index contributed by atoms with van der Waals surface area (Å²) in [5.74, 6) is 1.01. The van der Waals surface area contributed by atoms with Gasteiger partial charge in [0.2, 0.25) is 0 Å². The van der Waals surface area contributed by atoms with E-state index in [-0.39, 0.29) is 0 Å². The van der Waals surface area contributed by atoms with E-state index in [1.807, 2.05) is 0 Å². The van der Waals surface area contributed by atoms with Gasteiger partial charge in [-0.2, -0.15) is 0 Å². The third-order valence-corrected chi connectivity index (χ3v) is 4.87. The van der Waals surface area contributed by atoms with Crippen LogP contribution in [0.5, 0.6) is 0 Å². The van der Waals surface area contributed by atoms with Crippen molar-refractivity contribution in [2.45, 2.75) is 70.9 Å². The molecule has 17 heavy (non-hydrogen) atoms. The molecule has 0 bridgehead atoms. The Morgan fingerprint density at radius 3 is 2.71 bits per heavy atom. The third-order valence-electron chi connectivity index (χ3n) is 4.87. The molecule has 0 aromatic heterocycles. The summed E-state index contributed by atoms with van der Waals surface area (Å²) in [5.41, 5.74) is 0. The summed E-state index contributed by atoms with van der Waals surface area (Å²) in [4.78, 5) is 2.80. The van der Waals surface area contributed by atoms with Gasteiger partial charge < -0.3 is 10.2 Å². The van der Waals surface area contributed by atoms with E-state index in [4.69, 9.17) is 0 Å². The second-order valence-electron chi connectivity index (χ2n) is 5.96. The van der Waals surface area contributed by atoms with Gasteiger partial charge in [-0.1, -0.05) is 20.3 Å². The molecule has 1 N–H and O–H groups in total. The van der Waals surface area contributed by atoms with Crippen molar-refractivity contribution in [2.24, 2.45) is 5.92 Å². The molecule has 0 amide bonds. The maximum absolute atomic E-state index is 3.62. The molecule has 2 rings (SSSR count). The molecule has 0 radical (unpaired) electrons. The van der Waals surface area contributed by atoms with E-state index >= 15 is 0 Å². The summed E-state index contributed by atoms with van der Waals surface area (Å²) in [6.07, 6.45) is 9.94. The molecule has 1 saturated carbocycles. The van der Waals surface area contributed by atoms with E-state index in [1.54, 1.807) is 0 Å². The maximum atomic E-state index is 3.62. The predicted molar refractivity (Wildman–Crippen MR) is 74.3 cm³/mol. The van der Waals surface area contributed by atoms with Gasteiger partial charge in [-0.05, 0) is 64.1 Å². The molecule has 1 aliphatic carbocycles. The highest BCUT2D eigenvalue weighted by molar-refractivity contribution is 4.87. The minimum atomic E-state index is 0.801. The highest BCUT2D eigenvalue weighted by Gasteiger charge is 2.29. The zero-order valence-corrected chi connectivity index (χ0v) is 11.8. The van der Waals surface area contributed by atoms with Crippen LogP contribution in [0.25, 0.3) is 0 Å². The molecular weight excluding hydrogens is 208 g/mol. The van der Waals surface area contributed by atoms with Crippen LogP contribution in [0.4, 0.5) is 0 Å². The van der Waals surface area contributed by atoms with Gasteiger partial charge in [0.15, 0.2) is 0 Å². The molecule has 1 saturated heterocycles. The Morgan fingerprint density at radius 1 is 1.06 bits per heavy atom. The van der Waals surface area contributed by atoms with Crippen LogP contribution in [-0.2, 0) is 0 Å². The maximum Gasteiger partial charge on any atom is 0.0111 e. The molecule has 2 nitrogen and oxygen atoms in total. The predicted octanol–water partition coefficient (Wildman–Crippen LogP) is 3.03. The lowest BCUT2D eigenvalue weighted by molar-refractivity contribution is 0.201. The first-order valence-corrected chi connectivity index (χ1v) is 7.80. The Hall–Kier alpha value is -0.0800. The van der Waals surface area contributed by atoms with E-state index in [2.05, 4.69) is 24.1 Å². The Labute approximate surface area is 107 Å². The zero-order chi connectivity index (χ0) is 12.1. The number of rotatable bonds is 4. The Kier molecular flexibility index (Phi) is 5.30. The minimum absolute atomic E-state index is 0.801. The quantitative estimate of drug-likeness (QED) is 0.810. The van der Waals surface area contributed by atoms with Gasteiger partial charge in [-0.15, -0.1) is 0 Å². The van der Waals surface area contributed by atoms with Crippen molar-refractivity contribution >= 4 is 0 Å².